The van der Waals surface area contributed by atoms with Gasteiger partial charge in [0.2, 0.25) is 5.91 Å². The summed E-state index contributed by atoms with van der Waals surface area (Å²) in [6.45, 7) is 4.08. The van der Waals surface area contributed by atoms with Gasteiger partial charge in [-0.25, -0.2) is 4.39 Å². The average molecular weight is 346 g/mol. The Kier molecular flexibility index (Phi) is 5.78. The molecule has 1 amide bonds. The van der Waals surface area contributed by atoms with E-state index in [-0.39, 0.29) is 17.3 Å². The van der Waals surface area contributed by atoms with Crippen LogP contribution in [0.4, 0.5) is 4.39 Å². The monoisotopic (exact) mass is 346 g/mol. The Morgan fingerprint density at radius 2 is 1.92 bits per heavy atom. The molecule has 1 aliphatic carbocycles. The van der Waals surface area contributed by atoms with E-state index in [0.717, 1.165) is 37.9 Å². The number of rotatable bonds is 5. The van der Waals surface area contributed by atoms with Gasteiger partial charge >= 0.3 is 0 Å². The Bertz CT molecular complexity index is 580. The van der Waals surface area contributed by atoms with Crippen LogP contribution in [-0.2, 0) is 11.2 Å². The number of carbonyl (C=O) groups is 1. The van der Waals surface area contributed by atoms with Crippen molar-refractivity contribution in [3.05, 3.63) is 35.6 Å². The summed E-state index contributed by atoms with van der Waals surface area (Å²) < 4.78 is 13.0. The maximum Gasteiger partial charge on any atom is 0.223 e. The van der Waals surface area contributed by atoms with Gasteiger partial charge in [0.15, 0.2) is 0 Å². The third-order valence-electron chi connectivity index (χ3n) is 6.33. The molecule has 3 nitrogen and oxygen atoms in total. The van der Waals surface area contributed by atoms with E-state index in [0.29, 0.717) is 18.9 Å². The standard InChI is InChI=1S/C21H31FN2O/c1-3-23(2)19-15-21(13-5-4-6-14-21)24(16-19)20(25)12-9-17-7-10-18(22)11-8-17/h7-8,10-11,19H,3-6,9,12-16H2,1-2H3/t19-/m0/s1. The minimum absolute atomic E-state index is 0.0895. The third-order valence-corrected chi connectivity index (χ3v) is 6.33. The van der Waals surface area contributed by atoms with Gasteiger partial charge < -0.3 is 9.80 Å². The Morgan fingerprint density at radius 1 is 1.24 bits per heavy atom. The van der Waals surface area contributed by atoms with E-state index < -0.39 is 0 Å². The highest BCUT2D eigenvalue weighted by molar-refractivity contribution is 5.78. The first-order chi connectivity index (χ1) is 12.0. The van der Waals surface area contributed by atoms with Gasteiger partial charge in [0.1, 0.15) is 5.82 Å². The molecule has 2 fully saturated rings. The second-order valence-corrected chi connectivity index (χ2v) is 7.85. The molecule has 0 radical (unpaired) electrons. The number of amides is 1. The summed E-state index contributed by atoms with van der Waals surface area (Å²) in [5.74, 6) is 0.0550. The summed E-state index contributed by atoms with van der Waals surface area (Å²) in [6, 6.07) is 7.01. The summed E-state index contributed by atoms with van der Waals surface area (Å²) >= 11 is 0. The van der Waals surface area contributed by atoms with Crippen LogP contribution in [0.15, 0.2) is 24.3 Å². The summed E-state index contributed by atoms with van der Waals surface area (Å²) in [5.41, 5.74) is 1.13. The Morgan fingerprint density at radius 3 is 2.56 bits per heavy atom. The van der Waals surface area contributed by atoms with Crippen LogP contribution in [0.1, 0.15) is 57.4 Å². The van der Waals surface area contributed by atoms with Crippen molar-refractivity contribution in [3.8, 4) is 0 Å². The van der Waals surface area contributed by atoms with Gasteiger partial charge in [-0.1, -0.05) is 38.3 Å². The third kappa shape index (κ3) is 4.05. The second-order valence-electron chi connectivity index (χ2n) is 7.85. The highest BCUT2D eigenvalue weighted by atomic mass is 19.1. The van der Waals surface area contributed by atoms with Crippen molar-refractivity contribution in [3.63, 3.8) is 0 Å². The molecule has 3 rings (SSSR count). The van der Waals surface area contributed by atoms with E-state index in [1.165, 1.54) is 31.4 Å². The molecule has 0 bridgehead atoms. The highest BCUT2D eigenvalue weighted by Gasteiger charge is 2.48. The van der Waals surface area contributed by atoms with Crippen molar-refractivity contribution in [2.75, 3.05) is 20.1 Å². The molecule has 1 aliphatic heterocycles. The van der Waals surface area contributed by atoms with Crippen LogP contribution >= 0.6 is 0 Å². The Hall–Kier alpha value is -1.42. The molecule has 0 N–H and O–H groups in total. The maximum absolute atomic E-state index is 13.0. The lowest BCUT2D eigenvalue weighted by Crippen LogP contribution is -2.48. The fourth-order valence-corrected chi connectivity index (χ4v) is 4.66. The highest BCUT2D eigenvalue weighted by Crippen LogP contribution is 2.43. The summed E-state index contributed by atoms with van der Waals surface area (Å²) in [7, 11) is 2.17. The van der Waals surface area contributed by atoms with Crippen molar-refractivity contribution in [1.82, 2.24) is 9.80 Å². The van der Waals surface area contributed by atoms with Gasteiger partial charge in [0.25, 0.3) is 0 Å². The molecular formula is C21H31FN2O. The fourth-order valence-electron chi connectivity index (χ4n) is 4.66. The molecule has 1 aromatic carbocycles. The van der Waals surface area contributed by atoms with Crippen LogP contribution in [-0.4, -0.2) is 47.4 Å². The van der Waals surface area contributed by atoms with Crippen molar-refractivity contribution in [2.24, 2.45) is 0 Å². The summed E-state index contributed by atoms with van der Waals surface area (Å²) in [5, 5.41) is 0. The quantitative estimate of drug-likeness (QED) is 0.804. The van der Waals surface area contributed by atoms with E-state index in [2.05, 4.69) is 23.8 Å². The van der Waals surface area contributed by atoms with Gasteiger partial charge in [-0.3, -0.25) is 4.79 Å². The Labute approximate surface area is 151 Å². The summed E-state index contributed by atoms with van der Waals surface area (Å²) in [6.07, 6.45) is 8.43. The second kappa shape index (κ2) is 7.86. The zero-order chi connectivity index (χ0) is 17.9. The molecule has 1 heterocycles. The van der Waals surface area contributed by atoms with E-state index in [9.17, 15) is 9.18 Å². The molecule has 1 spiro atoms. The molecule has 25 heavy (non-hydrogen) atoms. The van der Waals surface area contributed by atoms with Crippen molar-refractivity contribution in [1.29, 1.82) is 0 Å². The minimum Gasteiger partial charge on any atom is -0.335 e. The van der Waals surface area contributed by atoms with Crippen LogP contribution < -0.4 is 0 Å². The molecule has 1 aromatic rings. The number of hydrogen-bond acceptors (Lipinski definition) is 2. The number of hydrogen-bond donors (Lipinski definition) is 0. The molecule has 138 valence electrons. The number of nitrogens with zero attached hydrogens (tertiary/aromatic N) is 2. The lowest BCUT2D eigenvalue weighted by molar-refractivity contribution is -0.136. The molecule has 1 saturated heterocycles. The van der Waals surface area contributed by atoms with Crippen LogP contribution in [0.25, 0.3) is 0 Å². The predicted molar refractivity (Wildman–Crippen MR) is 99.0 cm³/mol. The largest absolute Gasteiger partial charge is 0.335 e. The van der Waals surface area contributed by atoms with E-state index in [4.69, 9.17) is 0 Å². The molecule has 0 unspecified atom stereocenters. The molecule has 2 aliphatic rings. The molecular weight excluding hydrogens is 315 g/mol. The van der Waals surface area contributed by atoms with Crippen LogP contribution in [0, 0.1) is 5.82 Å². The first-order valence-electron chi connectivity index (χ1n) is 9.79. The first kappa shape index (κ1) is 18.4. The molecule has 0 aromatic heterocycles. The SMILES string of the molecule is CCN(C)[C@@H]1CN(C(=O)CCc2ccc(F)cc2)C2(CCCCC2)C1. The van der Waals surface area contributed by atoms with Gasteiger partial charge in [0, 0.05) is 24.5 Å². The van der Waals surface area contributed by atoms with E-state index in [1.807, 2.05) is 0 Å². The molecule has 1 saturated carbocycles. The van der Waals surface area contributed by atoms with Crippen LogP contribution in [0.3, 0.4) is 0 Å². The lowest BCUT2D eigenvalue weighted by atomic mass is 9.79. The van der Waals surface area contributed by atoms with Crippen molar-refractivity contribution < 1.29 is 9.18 Å². The Balaban J connectivity index is 1.68. The van der Waals surface area contributed by atoms with Crippen LogP contribution in [0.2, 0.25) is 0 Å². The smallest absolute Gasteiger partial charge is 0.223 e. The van der Waals surface area contributed by atoms with Crippen molar-refractivity contribution >= 4 is 5.91 Å². The summed E-state index contributed by atoms with van der Waals surface area (Å²) in [4.78, 5) is 17.7. The predicted octanol–water partition coefficient (Wildman–Crippen LogP) is 4.01. The fraction of sp³-hybridized carbons (Fsp3) is 0.667. The minimum atomic E-state index is -0.221. The van der Waals surface area contributed by atoms with E-state index in [1.54, 1.807) is 12.1 Å². The average Bonchev–Trinajstić information content (AvgIpc) is 2.99. The number of benzene rings is 1. The normalized spacial score (nSPS) is 22.7. The lowest BCUT2D eigenvalue weighted by Gasteiger charge is -2.41. The number of likely N-dealkylation sites (N-methyl/N-ethyl adjacent to an activating group) is 1. The van der Waals surface area contributed by atoms with Crippen molar-refractivity contribution in [2.45, 2.75) is 69.9 Å². The number of halogens is 1. The van der Waals surface area contributed by atoms with Gasteiger partial charge in [0.05, 0.1) is 0 Å². The number of aryl methyl sites for hydroxylation is 1. The zero-order valence-electron chi connectivity index (χ0n) is 15.6. The number of carbonyl (C=O) groups excluding carboxylic acids is 1. The van der Waals surface area contributed by atoms with Crippen LogP contribution in [0.5, 0.6) is 0 Å². The molecule has 1 atom stereocenters. The van der Waals surface area contributed by atoms with E-state index >= 15 is 0 Å². The first-order valence-corrected chi connectivity index (χ1v) is 9.79. The topological polar surface area (TPSA) is 23.6 Å². The number of likely N-dealkylation sites (tertiary alicyclic amines) is 1. The van der Waals surface area contributed by atoms with Gasteiger partial charge in [-0.2, -0.15) is 0 Å². The van der Waals surface area contributed by atoms with Gasteiger partial charge in [-0.15, -0.1) is 0 Å². The molecule has 4 heteroatoms. The maximum atomic E-state index is 13.0. The van der Waals surface area contributed by atoms with Gasteiger partial charge in [-0.05, 0) is 57.0 Å². The zero-order valence-corrected chi connectivity index (χ0v) is 15.6.